The number of hydrogen-bond acceptors (Lipinski definition) is 7. The molecule has 1 amide bonds. The highest BCUT2D eigenvalue weighted by Gasteiger charge is 2.42. The van der Waals surface area contributed by atoms with Gasteiger partial charge in [-0.3, -0.25) is 9.48 Å². The van der Waals surface area contributed by atoms with Crippen molar-refractivity contribution in [3.8, 4) is 17.1 Å². The lowest BCUT2D eigenvalue weighted by Gasteiger charge is -2.39. The maximum absolute atomic E-state index is 15.0. The topological polar surface area (TPSA) is 99.3 Å². The number of benzene rings is 4. The molecule has 0 fully saturated rings. The van der Waals surface area contributed by atoms with Crippen LogP contribution < -0.4 is 10.1 Å². The fraction of sp³-hybridized carbons (Fsp3) is 0.347. The first kappa shape index (κ1) is 44.3. The second-order valence-electron chi connectivity index (χ2n) is 18.3. The average Bonchev–Trinajstić information content (AvgIpc) is 3.79. The third-order valence-electron chi connectivity index (χ3n) is 11.9. The second kappa shape index (κ2) is 17.5. The molecule has 3 heterocycles. The third kappa shape index (κ3) is 8.92. The van der Waals surface area contributed by atoms with Crippen molar-refractivity contribution in [1.82, 2.24) is 34.5 Å². The van der Waals surface area contributed by atoms with Gasteiger partial charge in [0.1, 0.15) is 28.2 Å². The van der Waals surface area contributed by atoms with E-state index in [-0.39, 0.29) is 16.7 Å². The van der Waals surface area contributed by atoms with Gasteiger partial charge in [-0.15, -0.1) is 0 Å². The molecule has 0 saturated heterocycles. The van der Waals surface area contributed by atoms with Crippen LogP contribution in [0.1, 0.15) is 68.1 Å². The van der Waals surface area contributed by atoms with E-state index < -0.39 is 26.0 Å². The molecular weight excluding hydrogens is 801 g/mol. The molecule has 3 aromatic heterocycles. The first-order valence-electron chi connectivity index (χ1n) is 21.0. The van der Waals surface area contributed by atoms with Crippen LogP contribution in [-0.2, 0) is 16.5 Å². The molecule has 13 heteroatoms. The van der Waals surface area contributed by atoms with Crippen LogP contribution in [0.25, 0.3) is 33.5 Å². The van der Waals surface area contributed by atoms with E-state index >= 15 is 0 Å². The summed E-state index contributed by atoms with van der Waals surface area (Å²) in [4.78, 5) is 27.5. The van der Waals surface area contributed by atoms with Crippen LogP contribution >= 0.6 is 0 Å². The molecule has 0 saturated carbocycles. The molecular formula is C49H57F2N7O3Si. The molecule has 1 N–H and O–H groups in total. The van der Waals surface area contributed by atoms with Crippen LogP contribution in [0.2, 0.25) is 18.1 Å². The van der Waals surface area contributed by atoms with Gasteiger partial charge in [-0.2, -0.15) is 13.9 Å². The molecule has 4 aromatic carbocycles. The van der Waals surface area contributed by atoms with E-state index in [1.165, 1.54) is 6.07 Å². The van der Waals surface area contributed by atoms with E-state index in [1.54, 1.807) is 18.3 Å². The Morgan fingerprint density at radius 1 is 0.855 bits per heavy atom. The van der Waals surface area contributed by atoms with Crippen molar-refractivity contribution in [2.45, 2.75) is 83.4 Å². The molecule has 0 aliphatic carbocycles. The molecule has 0 aliphatic heterocycles. The van der Waals surface area contributed by atoms with Crippen LogP contribution in [0.5, 0.6) is 5.75 Å². The van der Waals surface area contributed by atoms with Crippen molar-refractivity contribution in [2.24, 2.45) is 0 Å². The van der Waals surface area contributed by atoms with E-state index in [4.69, 9.17) is 24.2 Å². The predicted octanol–water partition coefficient (Wildman–Crippen LogP) is 10.4. The minimum absolute atomic E-state index is 0.00219. The predicted molar refractivity (Wildman–Crippen MR) is 245 cm³/mol. The van der Waals surface area contributed by atoms with E-state index in [2.05, 4.69) is 85.0 Å². The van der Waals surface area contributed by atoms with Crippen LogP contribution in [0.4, 0.5) is 8.78 Å². The SMILES string of the molecule is CN(C)CCCn1nc(-c2cnc3c(n2)c(C(=O)NC(C)(C)CO[Si](C)(C)C(C)(C)C)cn3C(c2ccccc2)(c2ccccc2)c2ccccc2)c2cc(OC(F)F)ccc21. The number of nitrogens with one attached hydrogen (secondary N) is 1. The van der Waals surface area contributed by atoms with Crippen molar-refractivity contribution in [1.29, 1.82) is 0 Å². The summed E-state index contributed by atoms with van der Waals surface area (Å²) >= 11 is 0. The largest absolute Gasteiger partial charge is 0.435 e. The number of ether oxygens (including phenoxy) is 1. The van der Waals surface area contributed by atoms with Crippen molar-refractivity contribution in [3.63, 3.8) is 0 Å². The smallest absolute Gasteiger partial charge is 0.387 e. The van der Waals surface area contributed by atoms with E-state index in [0.717, 1.165) is 35.2 Å². The minimum Gasteiger partial charge on any atom is -0.435 e. The molecule has 7 rings (SSSR count). The van der Waals surface area contributed by atoms with Crippen molar-refractivity contribution < 1.29 is 22.7 Å². The Balaban J connectivity index is 1.47. The summed E-state index contributed by atoms with van der Waals surface area (Å²) in [6, 6.07) is 35.4. The fourth-order valence-corrected chi connectivity index (χ4v) is 8.86. The number of amides is 1. The van der Waals surface area contributed by atoms with E-state index in [0.29, 0.717) is 46.7 Å². The Kier molecular flexibility index (Phi) is 12.5. The van der Waals surface area contributed by atoms with Gasteiger partial charge in [-0.05, 0) is 93.9 Å². The first-order valence-corrected chi connectivity index (χ1v) is 23.9. The van der Waals surface area contributed by atoms with Gasteiger partial charge in [0.25, 0.3) is 5.91 Å². The minimum atomic E-state index is -3.00. The van der Waals surface area contributed by atoms with Gasteiger partial charge >= 0.3 is 6.61 Å². The Hall–Kier alpha value is -5.76. The standard InChI is InChI=1S/C49H57F2N7O3Si/c1-47(2,3)62(8,9)60-33-48(4,5)54-45(59)39-32-57(49(34-20-13-10-14-21-34,35-22-15-11-16-23-35)36-24-17-12-18-25-36)44-43(39)53-40(31-52-44)42-38-30-37(61-46(50)51)26-27-41(38)58(55-42)29-19-28-56(6)7/h10-18,20-27,30-32,46H,19,28-29,33H2,1-9H3,(H,54,59). The zero-order valence-corrected chi connectivity index (χ0v) is 38.1. The summed E-state index contributed by atoms with van der Waals surface area (Å²) in [5.74, 6) is -0.346. The summed E-state index contributed by atoms with van der Waals surface area (Å²) in [6.45, 7) is 13.6. The van der Waals surface area contributed by atoms with Crippen LogP contribution in [-0.4, -0.2) is 82.8 Å². The highest BCUT2D eigenvalue weighted by atomic mass is 28.4. The molecule has 62 heavy (non-hydrogen) atoms. The number of alkyl halides is 2. The van der Waals surface area contributed by atoms with Crippen molar-refractivity contribution in [2.75, 3.05) is 27.2 Å². The molecule has 0 atom stereocenters. The first-order chi connectivity index (χ1) is 29.4. The summed E-state index contributed by atoms with van der Waals surface area (Å²) < 4.78 is 42.4. The third-order valence-corrected chi connectivity index (χ3v) is 16.4. The molecule has 0 spiro atoms. The molecule has 0 bridgehead atoms. The average molecular weight is 858 g/mol. The van der Waals surface area contributed by atoms with Gasteiger partial charge in [-0.25, -0.2) is 9.97 Å². The molecule has 0 radical (unpaired) electrons. The summed E-state index contributed by atoms with van der Waals surface area (Å²) in [5, 5.41) is 8.86. The lowest BCUT2D eigenvalue weighted by atomic mass is 9.76. The number of aryl methyl sites for hydroxylation is 1. The van der Waals surface area contributed by atoms with Gasteiger partial charge in [0.05, 0.1) is 29.4 Å². The maximum atomic E-state index is 15.0. The van der Waals surface area contributed by atoms with Gasteiger partial charge in [0, 0.05) is 18.1 Å². The highest BCUT2D eigenvalue weighted by molar-refractivity contribution is 6.74. The van der Waals surface area contributed by atoms with Crippen molar-refractivity contribution in [3.05, 3.63) is 144 Å². The number of rotatable bonds is 16. The summed E-state index contributed by atoms with van der Waals surface area (Å²) in [7, 11) is 1.86. The number of aromatic nitrogens is 5. The Morgan fingerprint density at radius 2 is 1.44 bits per heavy atom. The number of carbonyl (C=O) groups is 1. The highest BCUT2D eigenvalue weighted by Crippen LogP contribution is 2.44. The van der Waals surface area contributed by atoms with Gasteiger partial charge in [0.2, 0.25) is 0 Å². The molecule has 0 aliphatic rings. The van der Waals surface area contributed by atoms with Crippen LogP contribution in [0.3, 0.4) is 0 Å². The Bertz CT molecular complexity index is 2540. The fourth-order valence-electron chi connectivity index (χ4n) is 7.70. The van der Waals surface area contributed by atoms with Gasteiger partial charge < -0.3 is 23.9 Å². The van der Waals surface area contributed by atoms with Gasteiger partial charge in [0.15, 0.2) is 14.0 Å². The molecule has 324 valence electrons. The second-order valence-corrected chi connectivity index (χ2v) is 23.1. The van der Waals surface area contributed by atoms with Crippen LogP contribution in [0, 0.1) is 0 Å². The summed E-state index contributed by atoms with van der Waals surface area (Å²) in [6.07, 6.45) is 4.30. The van der Waals surface area contributed by atoms with Crippen molar-refractivity contribution >= 4 is 36.3 Å². The lowest BCUT2D eigenvalue weighted by molar-refractivity contribution is -0.0497. The monoisotopic (exact) mass is 857 g/mol. The zero-order chi connectivity index (χ0) is 44.5. The maximum Gasteiger partial charge on any atom is 0.387 e. The summed E-state index contributed by atoms with van der Waals surface area (Å²) in [5.41, 5.74) is 3.73. The van der Waals surface area contributed by atoms with E-state index in [9.17, 15) is 13.6 Å². The van der Waals surface area contributed by atoms with Crippen LogP contribution in [0.15, 0.2) is 122 Å². The molecule has 0 unspecified atom stereocenters. The number of nitrogens with zero attached hydrogens (tertiary/aromatic N) is 6. The number of fused-ring (bicyclic) bond motifs is 2. The number of carbonyl (C=O) groups excluding carboxylic acids is 1. The quantitative estimate of drug-likeness (QED) is 0.0763. The zero-order valence-electron chi connectivity index (χ0n) is 37.1. The van der Waals surface area contributed by atoms with Gasteiger partial charge in [-0.1, -0.05) is 112 Å². The number of hydrogen-bond donors (Lipinski definition) is 1. The number of halogens is 2. The Morgan fingerprint density at radius 3 is 1.97 bits per heavy atom. The Labute approximate surface area is 364 Å². The lowest BCUT2D eigenvalue weighted by Crippen LogP contribution is -2.51. The normalized spacial score (nSPS) is 12.8. The molecule has 7 aromatic rings. The molecule has 10 nitrogen and oxygen atoms in total. The van der Waals surface area contributed by atoms with E-state index in [1.807, 2.05) is 93.4 Å².